The Kier molecular flexibility index (Phi) is 17.6. The average Bonchev–Trinajstić information content (AvgIpc) is 2.79. The standard InChI is InChI=1S/C30H56NO/c1-5-7-8-9-10-11-12-13-14-15-16-17-18-19-20-23-26-31(3,4)27-28-32-30-25-22-21-24-29(30)6-2/h21-22,24-25H,5-20,23,26-28H2,1-4H3/q+1. The molecule has 1 rings (SSSR count). The van der Waals surface area contributed by atoms with Crippen LogP contribution in [0.2, 0.25) is 0 Å². The number of hydrogen-bond acceptors (Lipinski definition) is 1. The molecule has 0 radical (unpaired) electrons. The van der Waals surface area contributed by atoms with Crippen LogP contribution in [0.1, 0.15) is 122 Å². The summed E-state index contributed by atoms with van der Waals surface area (Å²) >= 11 is 0. The lowest BCUT2D eigenvalue weighted by atomic mass is 10.0. The SMILES string of the molecule is CCCCCCCCCCCCCCCCCC[N+](C)(C)CCOc1ccccc1CC. The van der Waals surface area contributed by atoms with E-state index >= 15 is 0 Å². The molecular formula is C30H56NO+. The molecule has 1 aromatic carbocycles. The highest BCUT2D eigenvalue weighted by Gasteiger charge is 2.14. The van der Waals surface area contributed by atoms with Crippen molar-refractivity contribution in [3.63, 3.8) is 0 Å². The summed E-state index contributed by atoms with van der Waals surface area (Å²) in [6, 6.07) is 8.45. The lowest BCUT2D eigenvalue weighted by molar-refractivity contribution is -0.890. The van der Waals surface area contributed by atoms with E-state index in [0.29, 0.717) is 0 Å². The summed E-state index contributed by atoms with van der Waals surface area (Å²) in [4.78, 5) is 0. The molecule has 0 amide bonds. The number of aryl methyl sites for hydroxylation is 1. The molecule has 2 nitrogen and oxygen atoms in total. The molecule has 186 valence electrons. The molecule has 0 aliphatic rings. The molecule has 0 aliphatic heterocycles. The van der Waals surface area contributed by atoms with Gasteiger partial charge in [-0.25, -0.2) is 0 Å². The minimum atomic E-state index is 0.808. The number of likely N-dealkylation sites (N-methyl/N-ethyl adjacent to an activating group) is 1. The fourth-order valence-corrected chi connectivity index (χ4v) is 4.54. The average molecular weight is 447 g/mol. The van der Waals surface area contributed by atoms with Crippen LogP contribution in [-0.4, -0.2) is 38.3 Å². The maximum atomic E-state index is 6.08. The molecule has 0 heterocycles. The van der Waals surface area contributed by atoms with E-state index in [1.54, 1.807) is 0 Å². The van der Waals surface area contributed by atoms with Crippen molar-refractivity contribution < 1.29 is 9.22 Å². The van der Waals surface area contributed by atoms with E-state index in [1.165, 1.54) is 115 Å². The number of rotatable bonds is 22. The zero-order valence-corrected chi connectivity index (χ0v) is 22.3. The molecule has 0 bridgehead atoms. The van der Waals surface area contributed by atoms with Crippen molar-refractivity contribution in [1.29, 1.82) is 0 Å². The van der Waals surface area contributed by atoms with Gasteiger partial charge < -0.3 is 9.22 Å². The molecule has 2 heteroatoms. The summed E-state index contributed by atoms with van der Waals surface area (Å²) < 4.78 is 7.14. The van der Waals surface area contributed by atoms with Crippen molar-refractivity contribution in [2.24, 2.45) is 0 Å². The molecule has 0 N–H and O–H groups in total. The predicted molar refractivity (Wildman–Crippen MR) is 143 cm³/mol. The van der Waals surface area contributed by atoms with Gasteiger partial charge >= 0.3 is 0 Å². The van der Waals surface area contributed by atoms with Crippen LogP contribution in [0, 0.1) is 0 Å². The molecule has 0 aromatic heterocycles. The second kappa shape index (κ2) is 19.4. The van der Waals surface area contributed by atoms with Gasteiger partial charge in [-0.1, -0.05) is 122 Å². The van der Waals surface area contributed by atoms with E-state index < -0.39 is 0 Å². The highest BCUT2D eigenvalue weighted by atomic mass is 16.5. The van der Waals surface area contributed by atoms with Crippen molar-refractivity contribution >= 4 is 0 Å². The third kappa shape index (κ3) is 15.7. The number of nitrogens with zero attached hydrogens (tertiary/aromatic N) is 1. The molecule has 0 saturated heterocycles. The Bertz CT molecular complexity index is 539. The van der Waals surface area contributed by atoms with Crippen molar-refractivity contribution in [1.82, 2.24) is 0 Å². The van der Waals surface area contributed by atoms with Crippen molar-refractivity contribution in [3.8, 4) is 5.75 Å². The van der Waals surface area contributed by atoms with Gasteiger partial charge in [0.05, 0.1) is 20.6 Å². The first kappa shape index (κ1) is 29.0. The predicted octanol–water partition coefficient (Wildman–Crippen LogP) is 8.97. The molecule has 0 aliphatic carbocycles. The highest BCUT2D eigenvalue weighted by Crippen LogP contribution is 2.18. The van der Waals surface area contributed by atoms with Crippen LogP contribution < -0.4 is 4.74 Å². The van der Waals surface area contributed by atoms with Crippen LogP contribution in [0.25, 0.3) is 0 Å². The molecule has 0 atom stereocenters. The number of para-hydroxylation sites is 1. The van der Waals surface area contributed by atoms with Gasteiger partial charge in [0.15, 0.2) is 0 Å². The van der Waals surface area contributed by atoms with Gasteiger partial charge in [0, 0.05) is 0 Å². The Labute approximate surface area is 201 Å². The summed E-state index contributed by atoms with van der Waals surface area (Å²) in [5.41, 5.74) is 1.32. The summed E-state index contributed by atoms with van der Waals surface area (Å²) in [5, 5.41) is 0. The van der Waals surface area contributed by atoms with Gasteiger partial charge in [-0.2, -0.15) is 0 Å². The number of hydrogen-bond donors (Lipinski definition) is 0. The molecule has 0 spiro atoms. The van der Waals surface area contributed by atoms with Crippen molar-refractivity contribution in [3.05, 3.63) is 29.8 Å². The Hall–Kier alpha value is -1.02. The number of benzene rings is 1. The third-order valence-electron chi connectivity index (χ3n) is 6.92. The smallest absolute Gasteiger partial charge is 0.137 e. The third-order valence-corrected chi connectivity index (χ3v) is 6.92. The Morgan fingerprint density at radius 3 is 1.56 bits per heavy atom. The van der Waals surface area contributed by atoms with Crippen molar-refractivity contribution in [2.75, 3.05) is 33.8 Å². The maximum Gasteiger partial charge on any atom is 0.137 e. The lowest BCUT2D eigenvalue weighted by Gasteiger charge is -2.30. The molecule has 32 heavy (non-hydrogen) atoms. The molecule has 0 unspecified atom stereocenters. The van der Waals surface area contributed by atoms with Crippen LogP contribution in [0.3, 0.4) is 0 Å². The molecule has 1 aromatic rings. The summed E-state index contributed by atoms with van der Waals surface area (Å²) in [6.45, 7) is 7.64. The Balaban J connectivity index is 1.89. The molecule has 0 fully saturated rings. The first-order valence-corrected chi connectivity index (χ1v) is 14.1. The van der Waals surface area contributed by atoms with Gasteiger partial charge in [0.25, 0.3) is 0 Å². The fraction of sp³-hybridized carbons (Fsp3) is 0.800. The van der Waals surface area contributed by atoms with Gasteiger partial charge in [-0.05, 0) is 30.9 Å². The van der Waals surface area contributed by atoms with E-state index in [9.17, 15) is 0 Å². The van der Waals surface area contributed by atoms with Gasteiger partial charge in [0.2, 0.25) is 0 Å². The quantitative estimate of drug-likeness (QED) is 0.127. The minimum Gasteiger partial charge on any atom is -0.487 e. The number of quaternary nitrogens is 1. The van der Waals surface area contributed by atoms with Gasteiger partial charge in [-0.15, -0.1) is 0 Å². The zero-order valence-electron chi connectivity index (χ0n) is 22.3. The summed E-state index contributed by atoms with van der Waals surface area (Å²) in [6.07, 6.45) is 24.0. The first-order chi connectivity index (χ1) is 15.6. The van der Waals surface area contributed by atoms with Crippen molar-refractivity contribution in [2.45, 2.75) is 123 Å². The van der Waals surface area contributed by atoms with E-state index in [-0.39, 0.29) is 0 Å². The van der Waals surface area contributed by atoms with Crippen LogP contribution in [0.4, 0.5) is 0 Å². The normalized spacial score (nSPS) is 11.8. The second-order valence-corrected chi connectivity index (χ2v) is 10.5. The van der Waals surface area contributed by atoms with E-state index in [4.69, 9.17) is 4.74 Å². The van der Waals surface area contributed by atoms with Gasteiger partial charge in [-0.3, -0.25) is 0 Å². The number of unbranched alkanes of at least 4 members (excludes halogenated alkanes) is 15. The highest BCUT2D eigenvalue weighted by molar-refractivity contribution is 5.33. The van der Waals surface area contributed by atoms with E-state index in [2.05, 4.69) is 52.2 Å². The largest absolute Gasteiger partial charge is 0.487 e. The lowest BCUT2D eigenvalue weighted by Crippen LogP contribution is -2.43. The number of ether oxygens (including phenoxy) is 1. The Morgan fingerprint density at radius 1 is 0.594 bits per heavy atom. The van der Waals surface area contributed by atoms with Crippen LogP contribution >= 0.6 is 0 Å². The summed E-state index contributed by atoms with van der Waals surface area (Å²) in [7, 11) is 4.70. The second-order valence-electron chi connectivity index (χ2n) is 10.5. The van der Waals surface area contributed by atoms with E-state index in [1.807, 2.05) is 0 Å². The monoisotopic (exact) mass is 446 g/mol. The van der Waals surface area contributed by atoms with E-state index in [0.717, 1.165) is 29.8 Å². The van der Waals surface area contributed by atoms with Crippen LogP contribution in [0.5, 0.6) is 5.75 Å². The Morgan fingerprint density at radius 2 is 1.06 bits per heavy atom. The maximum absolute atomic E-state index is 6.08. The van der Waals surface area contributed by atoms with Crippen LogP contribution in [-0.2, 0) is 6.42 Å². The first-order valence-electron chi connectivity index (χ1n) is 14.1. The topological polar surface area (TPSA) is 9.23 Å². The molecule has 0 saturated carbocycles. The fourth-order valence-electron chi connectivity index (χ4n) is 4.54. The molecular weight excluding hydrogens is 390 g/mol. The summed E-state index contributed by atoms with van der Waals surface area (Å²) in [5.74, 6) is 1.07. The van der Waals surface area contributed by atoms with Gasteiger partial charge in [0.1, 0.15) is 18.9 Å². The zero-order chi connectivity index (χ0) is 23.3. The van der Waals surface area contributed by atoms with Crippen LogP contribution in [0.15, 0.2) is 24.3 Å². The minimum absolute atomic E-state index is 0.808.